The highest BCUT2D eigenvalue weighted by molar-refractivity contribution is 7.98. The number of carbonyl (C=O) groups is 9. The Labute approximate surface area is 377 Å². The predicted molar refractivity (Wildman–Crippen MR) is 237 cm³/mol. The zero-order valence-electron chi connectivity index (χ0n) is 36.8. The molecule has 2 aliphatic heterocycles. The molecule has 22 heteroatoms. The van der Waals surface area contributed by atoms with Crippen molar-refractivity contribution in [2.75, 3.05) is 109 Å². The standard InChI is InChI=1S/C42H63N9O12S/c1-4-29(2)32(41(62)43-12-13-51-36(54)9-10-37(51)55)23-34(52)33(11-22-64-3)46-42(63)45-31-7-5-30(6-8-31)24-44-35(53)25-47-14-16-48(26-38(56)57)18-20-50(28-40(60)61)21-19-49(17-15-47)27-39(58)59/h5-10,29,32-33H,4,11-28H2,1-3H3,(H,43,62)(H,44,53)(H,56,57)(H,58,59)(H,60,61)(H2,45,46,63)/t29-,32-,33-/m0/s1. The van der Waals surface area contributed by atoms with E-state index < -0.39 is 47.7 Å². The highest BCUT2D eigenvalue weighted by atomic mass is 32.2. The topological polar surface area (TPSA) is 279 Å². The molecular formula is C42H63N9O12S. The van der Waals surface area contributed by atoms with Crippen LogP contribution in [-0.2, 0) is 44.9 Å². The molecule has 3 rings (SSSR count). The number of hydrogen-bond donors (Lipinski definition) is 7. The van der Waals surface area contributed by atoms with Gasteiger partial charge in [-0.2, -0.15) is 11.8 Å². The van der Waals surface area contributed by atoms with Gasteiger partial charge in [0.05, 0.1) is 32.2 Å². The molecule has 2 aliphatic rings. The molecule has 354 valence electrons. The van der Waals surface area contributed by atoms with Crippen molar-refractivity contribution in [1.29, 1.82) is 0 Å². The molecule has 6 amide bonds. The quantitative estimate of drug-likeness (QED) is 0.0655. The lowest BCUT2D eigenvalue weighted by atomic mass is 9.85. The third-order valence-electron chi connectivity index (χ3n) is 11.0. The van der Waals surface area contributed by atoms with Crippen molar-refractivity contribution in [2.45, 2.75) is 45.7 Å². The largest absolute Gasteiger partial charge is 0.480 e. The highest BCUT2D eigenvalue weighted by Crippen LogP contribution is 2.22. The van der Waals surface area contributed by atoms with Crippen molar-refractivity contribution in [3.63, 3.8) is 0 Å². The maximum absolute atomic E-state index is 13.6. The number of Topliss-reactive ketones (excluding diaryl/α,β-unsaturated/α-hetero) is 1. The Balaban J connectivity index is 1.56. The van der Waals surface area contributed by atoms with Gasteiger partial charge in [0.15, 0.2) is 5.78 Å². The fourth-order valence-corrected chi connectivity index (χ4v) is 7.57. The van der Waals surface area contributed by atoms with Gasteiger partial charge in [-0.15, -0.1) is 0 Å². The van der Waals surface area contributed by atoms with Crippen molar-refractivity contribution in [1.82, 2.24) is 40.4 Å². The number of nitrogens with zero attached hydrogens (tertiary/aromatic N) is 5. The molecule has 1 aromatic carbocycles. The zero-order valence-corrected chi connectivity index (χ0v) is 37.6. The summed E-state index contributed by atoms with van der Waals surface area (Å²) < 4.78 is 0. The lowest BCUT2D eigenvalue weighted by molar-refractivity contribution is -0.140. The highest BCUT2D eigenvalue weighted by Gasteiger charge is 2.31. The Morgan fingerprint density at radius 3 is 1.66 bits per heavy atom. The molecule has 21 nitrogen and oxygen atoms in total. The van der Waals surface area contributed by atoms with Gasteiger partial charge in [-0.3, -0.25) is 62.9 Å². The summed E-state index contributed by atoms with van der Waals surface area (Å²) in [6.45, 7) is 5.27. The van der Waals surface area contributed by atoms with Crippen LogP contribution in [0.3, 0.4) is 0 Å². The van der Waals surface area contributed by atoms with Gasteiger partial charge >= 0.3 is 23.9 Å². The maximum atomic E-state index is 13.6. The molecule has 64 heavy (non-hydrogen) atoms. The fourth-order valence-electron chi connectivity index (χ4n) is 7.09. The number of anilines is 1. The molecule has 0 bridgehead atoms. The number of thioether (sulfide) groups is 1. The van der Waals surface area contributed by atoms with E-state index in [1.165, 1.54) is 23.9 Å². The summed E-state index contributed by atoms with van der Waals surface area (Å²) in [5, 5.41) is 39.4. The van der Waals surface area contributed by atoms with Gasteiger partial charge in [-0.05, 0) is 42.0 Å². The van der Waals surface area contributed by atoms with E-state index in [4.69, 9.17) is 0 Å². The Morgan fingerprint density at radius 2 is 1.20 bits per heavy atom. The molecule has 7 N–H and O–H groups in total. The summed E-state index contributed by atoms with van der Waals surface area (Å²) in [7, 11) is 0. The summed E-state index contributed by atoms with van der Waals surface area (Å²) in [6.07, 6.45) is 5.03. The molecule has 3 atom stereocenters. The van der Waals surface area contributed by atoms with E-state index in [2.05, 4.69) is 21.3 Å². The van der Waals surface area contributed by atoms with Crippen LogP contribution < -0.4 is 21.3 Å². The number of urea groups is 1. The number of carboxylic acid groups (broad SMARTS) is 3. The van der Waals surface area contributed by atoms with Crippen LogP contribution in [0.1, 0.15) is 38.7 Å². The van der Waals surface area contributed by atoms with Gasteiger partial charge in [0.25, 0.3) is 11.8 Å². The Kier molecular flexibility index (Phi) is 22.9. The minimum atomic E-state index is -1.05. The maximum Gasteiger partial charge on any atom is 0.319 e. The third kappa shape index (κ3) is 19.5. The van der Waals surface area contributed by atoms with E-state index in [0.29, 0.717) is 37.4 Å². The second kappa shape index (κ2) is 27.7. The number of hydrogen-bond acceptors (Lipinski definition) is 14. The van der Waals surface area contributed by atoms with Crippen LogP contribution in [0.25, 0.3) is 0 Å². The number of amides is 6. The van der Waals surface area contributed by atoms with E-state index in [0.717, 1.165) is 10.5 Å². The van der Waals surface area contributed by atoms with Crippen molar-refractivity contribution >= 4 is 70.8 Å². The third-order valence-corrected chi connectivity index (χ3v) is 11.6. The fraction of sp³-hybridized carbons (Fsp3) is 0.595. The molecule has 0 radical (unpaired) electrons. The van der Waals surface area contributed by atoms with Gasteiger partial charge < -0.3 is 36.6 Å². The summed E-state index contributed by atoms with van der Waals surface area (Å²) in [4.78, 5) is 119. The second-order valence-electron chi connectivity index (χ2n) is 15.8. The Morgan fingerprint density at radius 1 is 0.719 bits per heavy atom. The number of rotatable bonds is 24. The van der Waals surface area contributed by atoms with E-state index >= 15 is 0 Å². The summed E-state index contributed by atoms with van der Waals surface area (Å²) >= 11 is 1.51. The van der Waals surface area contributed by atoms with Gasteiger partial charge in [0.2, 0.25) is 11.8 Å². The number of ketones is 1. The van der Waals surface area contributed by atoms with Crippen LogP contribution in [0.15, 0.2) is 36.4 Å². The summed E-state index contributed by atoms with van der Waals surface area (Å²) in [6, 6.07) is 5.22. The van der Waals surface area contributed by atoms with Gasteiger partial charge in [-0.1, -0.05) is 32.4 Å². The molecule has 0 saturated carbocycles. The zero-order chi connectivity index (χ0) is 47.2. The van der Waals surface area contributed by atoms with E-state index in [1.807, 2.05) is 25.0 Å². The molecule has 0 aliphatic carbocycles. The first-order valence-electron chi connectivity index (χ1n) is 21.3. The number of aliphatic carboxylic acids is 3. The Hall–Kier alpha value is -5.42. The van der Waals surface area contributed by atoms with Crippen molar-refractivity contribution in [3.05, 3.63) is 42.0 Å². The van der Waals surface area contributed by atoms with Crippen LogP contribution in [0, 0.1) is 11.8 Å². The van der Waals surface area contributed by atoms with Gasteiger partial charge in [0, 0.05) is 102 Å². The van der Waals surface area contributed by atoms with Crippen LogP contribution in [0.4, 0.5) is 10.5 Å². The van der Waals surface area contributed by atoms with Crippen LogP contribution >= 0.6 is 11.8 Å². The lowest BCUT2D eigenvalue weighted by Crippen LogP contribution is -2.49. The minimum absolute atomic E-state index is 0.000792. The normalized spacial score (nSPS) is 17.4. The molecule has 1 saturated heterocycles. The first-order chi connectivity index (χ1) is 30.5. The lowest BCUT2D eigenvalue weighted by Gasteiger charge is -2.32. The number of nitrogens with one attached hydrogen (secondary N) is 4. The SMILES string of the molecule is CC[C@H](C)[C@H](CC(=O)[C@H](CCSC)NC(=O)Nc1ccc(CNC(=O)CN2CCN(CC(=O)O)CCN(CC(=O)O)CCN(CC(=O)O)CC2)cc1)C(=O)NCCN1C(=O)C=CC1=O. The van der Waals surface area contributed by atoms with Crippen LogP contribution in [0.2, 0.25) is 0 Å². The van der Waals surface area contributed by atoms with Crippen molar-refractivity contribution in [3.8, 4) is 0 Å². The second-order valence-corrected chi connectivity index (χ2v) is 16.8. The molecule has 0 spiro atoms. The predicted octanol–water partition coefficient (Wildman–Crippen LogP) is -0.316. The summed E-state index contributed by atoms with van der Waals surface area (Å²) in [5.74, 6) is -5.35. The first-order valence-corrected chi connectivity index (χ1v) is 22.7. The molecular weight excluding hydrogens is 855 g/mol. The van der Waals surface area contributed by atoms with Gasteiger partial charge in [-0.25, -0.2) is 4.79 Å². The molecule has 0 unspecified atom stereocenters. The number of carbonyl (C=O) groups excluding carboxylic acids is 6. The van der Waals surface area contributed by atoms with E-state index in [-0.39, 0.29) is 115 Å². The van der Waals surface area contributed by atoms with Crippen LogP contribution in [0.5, 0.6) is 0 Å². The average Bonchev–Trinajstić information content (AvgIpc) is 3.56. The Bertz CT molecular complexity index is 1770. The smallest absolute Gasteiger partial charge is 0.319 e. The number of imide groups is 1. The molecule has 0 aromatic heterocycles. The van der Waals surface area contributed by atoms with E-state index in [9.17, 15) is 58.5 Å². The van der Waals surface area contributed by atoms with Crippen molar-refractivity contribution in [2.24, 2.45) is 11.8 Å². The first kappa shape index (κ1) is 52.9. The minimum Gasteiger partial charge on any atom is -0.480 e. The van der Waals surface area contributed by atoms with Gasteiger partial charge in [0.1, 0.15) is 0 Å². The number of benzene rings is 1. The van der Waals surface area contributed by atoms with E-state index in [1.54, 1.807) is 39.0 Å². The molecule has 1 fully saturated rings. The number of carboxylic acids is 3. The average molecular weight is 918 g/mol. The molecule has 1 aromatic rings. The molecule has 2 heterocycles. The monoisotopic (exact) mass is 917 g/mol. The van der Waals surface area contributed by atoms with Crippen molar-refractivity contribution < 1.29 is 58.5 Å². The van der Waals surface area contributed by atoms with Crippen LogP contribution in [-0.4, -0.2) is 203 Å². The summed E-state index contributed by atoms with van der Waals surface area (Å²) in [5.41, 5.74) is 1.14.